The van der Waals surface area contributed by atoms with Gasteiger partial charge < -0.3 is 19.9 Å². The number of rotatable bonds is 5. The van der Waals surface area contributed by atoms with E-state index < -0.39 is 5.60 Å². The summed E-state index contributed by atoms with van der Waals surface area (Å²) in [4.78, 5) is 11.6. The summed E-state index contributed by atoms with van der Waals surface area (Å²) in [6, 6.07) is 0.188. The quantitative estimate of drug-likeness (QED) is 0.754. The molecular weight excluding hydrogens is 246 g/mol. The zero-order chi connectivity index (χ0) is 14.3. The second-order valence-corrected chi connectivity index (χ2v) is 6.07. The number of ether oxygens (including phenoxy) is 2. The van der Waals surface area contributed by atoms with Gasteiger partial charge in [-0.1, -0.05) is 0 Å². The molecule has 0 saturated heterocycles. The van der Waals surface area contributed by atoms with E-state index in [0.29, 0.717) is 13.0 Å². The first-order valence-corrected chi connectivity index (χ1v) is 7.12. The van der Waals surface area contributed by atoms with Crippen molar-refractivity contribution in [2.75, 3.05) is 13.2 Å². The van der Waals surface area contributed by atoms with Crippen molar-refractivity contribution in [1.82, 2.24) is 5.32 Å². The third kappa shape index (κ3) is 7.38. The fourth-order valence-corrected chi connectivity index (χ4v) is 2.16. The Morgan fingerprint density at radius 1 is 1.26 bits per heavy atom. The molecule has 1 amide bonds. The minimum absolute atomic E-state index is 0.176. The number of aliphatic hydroxyl groups excluding tert-OH is 1. The largest absolute Gasteiger partial charge is 0.444 e. The highest BCUT2D eigenvalue weighted by atomic mass is 16.6. The molecule has 5 heteroatoms. The molecule has 112 valence electrons. The van der Waals surface area contributed by atoms with E-state index in [0.717, 1.165) is 25.7 Å². The van der Waals surface area contributed by atoms with Crippen molar-refractivity contribution in [3.63, 3.8) is 0 Å². The predicted molar refractivity (Wildman–Crippen MR) is 73.1 cm³/mol. The highest BCUT2D eigenvalue weighted by Crippen LogP contribution is 2.21. The summed E-state index contributed by atoms with van der Waals surface area (Å²) in [6.07, 6.45) is 4.36. The van der Waals surface area contributed by atoms with Gasteiger partial charge in [0.25, 0.3) is 0 Å². The molecule has 0 aliphatic heterocycles. The second-order valence-electron chi connectivity index (χ2n) is 6.07. The number of hydrogen-bond donors (Lipinski definition) is 2. The van der Waals surface area contributed by atoms with Crippen molar-refractivity contribution in [1.29, 1.82) is 0 Å². The van der Waals surface area contributed by atoms with E-state index in [4.69, 9.17) is 14.6 Å². The number of nitrogens with one attached hydrogen (secondary N) is 1. The van der Waals surface area contributed by atoms with E-state index in [1.165, 1.54) is 0 Å². The highest BCUT2D eigenvalue weighted by Gasteiger charge is 2.24. The van der Waals surface area contributed by atoms with Crippen LogP contribution in [-0.2, 0) is 9.47 Å². The van der Waals surface area contributed by atoms with Crippen LogP contribution in [0.4, 0.5) is 4.79 Å². The van der Waals surface area contributed by atoms with Gasteiger partial charge in [0.15, 0.2) is 0 Å². The molecule has 0 unspecified atom stereocenters. The number of aliphatic hydroxyl groups is 1. The van der Waals surface area contributed by atoms with E-state index in [1.807, 2.05) is 20.8 Å². The van der Waals surface area contributed by atoms with Gasteiger partial charge in [-0.2, -0.15) is 0 Å². The van der Waals surface area contributed by atoms with Crippen LogP contribution in [0.1, 0.15) is 52.9 Å². The Bertz CT molecular complexity index is 267. The lowest BCUT2D eigenvalue weighted by atomic mass is 9.93. The normalized spacial score (nSPS) is 24.0. The van der Waals surface area contributed by atoms with Crippen molar-refractivity contribution >= 4 is 6.09 Å². The molecule has 1 fully saturated rings. The van der Waals surface area contributed by atoms with Gasteiger partial charge in [0.1, 0.15) is 5.60 Å². The van der Waals surface area contributed by atoms with E-state index in [2.05, 4.69) is 5.32 Å². The third-order valence-corrected chi connectivity index (χ3v) is 3.05. The Morgan fingerprint density at radius 2 is 1.89 bits per heavy atom. The van der Waals surface area contributed by atoms with Gasteiger partial charge in [0.05, 0.1) is 6.10 Å². The van der Waals surface area contributed by atoms with E-state index in [1.54, 1.807) is 0 Å². The van der Waals surface area contributed by atoms with Crippen LogP contribution >= 0.6 is 0 Å². The van der Waals surface area contributed by atoms with Gasteiger partial charge in [-0.15, -0.1) is 0 Å². The molecular formula is C14H27NO4. The van der Waals surface area contributed by atoms with Gasteiger partial charge in [-0.3, -0.25) is 0 Å². The maximum absolute atomic E-state index is 11.6. The Morgan fingerprint density at radius 3 is 2.42 bits per heavy atom. The van der Waals surface area contributed by atoms with Crippen molar-refractivity contribution in [2.24, 2.45) is 0 Å². The number of carbonyl (C=O) groups is 1. The first kappa shape index (κ1) is 16.2. The number of alkyl carbamates (subject to hydrolysis) is 1. The van der Waals surface area contributed by atoms with Crippen LogP contribution in [0.2, 0.25) is 0 Å². The van der Waals surface area contributed by atoms with Crippen LogP contribution in [0.5, 0.6) is 0 Å². The maximum atomic E-state index is 11.6. The van der Waals surface area contributed by atoms with Gasteiger partial charge in [0, 0.05) is 19.3 Å². The maximum Gasteiger partial charge on any atom is 0.407 e. The summed E-state index contributed by atoms with van der Waals surface area (Å²) in [5, 5.41) is 11.6. The summed E-state index contributed by atoms with van der Waals surface area (Å²) >= 11 is 0. The topological polar surface area (TPSA) is 67.8 Å². The molecule has 0 atom stereocenters. The summed E-state index contributed by atoms with van der Waals surface area (Å²) in [5.74, 6) is 0. The fraction of sp³-hybridized carbons (Fsp3) is 0.929. The molecule has 1 rings (SSSR count). The van der Waals surface area contributed by atoms with E-state index >= 15 is 0 Å². The van der Waals surface area contributed by atoms with E-state index in [-0.39, 0.29) is 24.8 Å². The molecule has 1 aliphatic rings. The number of carbonyl (C=O) groups excluding carboxylic acids is 1. The molecule has 0 aromatic rings. The molecule has 0 heterocycles. The summed E-state index contributed by atoms with van der Waals surface area (Å²) < 4.78 is 10.9. The van der Waals surface area contributed by atoms with Crippen LogP contribution in [0.3, 0.4) is 0 Å². The Kier molecular flexibility index (Phi) is 6.58. The van der Waals surface area contributed by atoms with Crippen LogP contribution in [0.15, 0.2) is 0 Å². The second kappa shape index (κ2) is 7.70. The SMILES string of the molecule is CC(C)(C)OC(=O)NC1CCC(OCCCO)CC1. The minimum Gasteiger partial charge on any atom is -0.444 e. The number of amides is 1. The van der Waals surface area contributed by atoms with E-state index in [9.17, 15) is 4.79 Å². The zero-order valence-electron chi connectivity index (χ0n) is 12.3. The Hall–Kier alpha value is -0.810. The van der Waals surface area contributed by atoms with Gasteiger partial charge in [0.2, 0.25) is 0 Å². The summed E-state index contributed by atoms with van der Waals surface area (Å²) in [5.41, 5.74) is -0.450. The highest BCUT2D eigenvalue weighted by molar-refractivity contribution is 5.68. The molecule has 0 aromatic carbocycles. The van der Waals surface area contributed by atoms with Crippen LogP contribution < -0.4 is 5.32 Å². The van der Waals surface area contributed by atoms with Crippen molar-refractivity contribution in [3.8, 4) is 0 Å². The fourth-order valence-electron chi connectivity index (χ4n) is 2.16. The van der Waals surface area contributed by atoms with Crippen LogP contribution in [-0.4, -0.2) is 42.2 Å². The monoisotopic (exact) mass is 273 g/mol. The van der Waals surface area contributed by atoms with Gasteiger partial charge in [-0.25, -0.2) is 4.79 Å². The average molecular weight is 273 g/mol. The summed E-state index contributed by atoms with van der Waals surface area (Å²) in [7, 11) is 0. The minimum atomic E-state index is -0.450. The number of hydrogen-bond acceptors (Lipinski definition) is 4. The van der Waals surface area contributed by atoms with Gasteiger partial charge in [-0.05, 0) is 52.9 Å². The third-order valence-electron chi connectivity index (χ3n) is 3.05. The zero-order valence-corrected chi connectivity index (χ0v) is 12.3. The van der Waals surface area contributed by atoms with Gasteiger partial charge >= 0.3 is 6.09 Å². The molecule has 0 radical (unpaired) electrons. The van der Waals surface area contributed by atoms with Crippen molar-refractivity contribution in [2.45, 2.75) is 70.6 Å². The molecule has 0 bridgehead atoms. The molecule has 5 nitrogen and oxygen atoms in total. The molecule has 1 aliphatic carbocycles. The molecule has 19 heavy (non-hydrogen) atoms. The molecule has 0 aromatic heterocycles. The Labute approximate surface area is 115 Å². The molecule has 1 saturated carbocycles. The van der Waals surface area contributed by atoms with Crippen LogP contribution in [0.25, 0.3) is 0 Å². The lowest BCUT2D eigenvalue weighted by Gasteiger charge is -2.30. The summed E-state index contributed by atoms with van der Waals surface area (Å²) in [6.45, 7) is 6.37. The van der Waals surface area contributed by atoms with Crippen LogP contribution in [0, 0.1) is 0 Å². The van der Waals surface area contributed by atoms with Crippen molar-refractivity contribution in [3.05, 3.63) is 0 Å². The first-order valence-electron chi connectivity index (χ1n) is 7.12. The lowest BCUT2D eigenvalue weighted by molar-refractivity contribution is 0.0125. The lowest BCUT2D eigenvalue weighted by Crippen LogP contribution is -2.41. The Balaban J connectivity index is 2.17. The molecule has 2 N–H and O–H groups in total. The van der Waals surface area contributed by atoms with Crippen molar-refractivity contribution < 1.29 is 19.4 Å². The average Bonchev–Trinajstić information content (AvgIpc) is 2.29. The standard InChI is InChI=1S/C14H27NO4/c1-14(2,3)19-13(17)15-11-5-7-12(8-6-11)18-10-4-9-16/h11-12,16H,4-10H2,1-3H3,(H,15,17). The molecule has 0 spiro atoms. The smallest absolute Gasteiger partial charge is 0.407 e. The first-order chi connectivity index (χ1) is 8.90. The predicted octanol–water partition coefficient (Wildman–Crippen LogP) is 2.22.